The van der Waals surface area contributed by atoms with Crippen molar-refractivity contribution in [3.63, 3.8) is 0 Å². The molecule has 3 nitrogen and oxygen atoms in total. The van der Waals surface area contributed by atoms with E-state index in [2.05, 4.69) is 103 Å². The molecule has 0 unspecified atom stereocenters. The third-order valence-corrected chi connectivity index (χ3v) is 10.7. The first-order valence-corrected chi connectivity index (χ1v) is 17.3. The molecule has 0 aliphatic heterocycles. The standard InChI is InChI=1S/C45H27N3S/c1-3-12-29(13-4-1)43-46-44(30-14-5-2-6-15-30)48-45(47-43)35-24-21-31-25-33(22-20-32(31)26-35)38-27-34-23-19-28-11-7-8-16-36(28)40(34)42-41(38)37-17-9-10-18-39(37)49-42/h1-27H. The highest BCUT2D eigenvalue weighted by molar-refractivity contribution is 7.27. The van der Waals surface area contributed by atoms with Crippen molar-refractivity contribution in [3.8, 4) is 45.3 Å². The van der Waals surface area contributed by atoms with Gasteiger partial charge in [-0.05, 0) is 62.3 Å². The van der Waals surface area contributed by atoms with E-state index < -0.39 is 0 Å². The molecule has 0 saturated carbocycles. The lowest BCUT2D eigenvalue weighted by Gasteiger charge is -2.12. The first-order chi connectivity index (χ1) is 24.3. The van der Waals surface area contributed by atoms with E-state index in [1.807, 2.05) is 72.0 Å². The lowest BCUT2D eigenvalue weighted by Crippen LogP contribution is -2.00. The Bertz CT molecular complexity index is 2820. The molecule has 2 aromatic heterocycles. The third kappa shape index (κ3) is 4.68. The summed E-state index contributed by atoms with van der Waals surface area (Å²) in [6, 6.07) is 58.0. The Kier molecular flexibility index (Phi) is 6.36. The largest absolute Gasteiger partial charge is 0.208 e. The fourth-order valence-corrected chi connectivity index (χ4v) is 8.39. The second-order valence-electron chi connectivity index (χ2n) is 12.4. The molecule has 8 aromatic carbocycles. The summed E-state index contributed by atoms with van der Waals surface area (Å²) in [7, 11) is 0. The minimum absolute atomic E-state index is 0.659. The van der Waals surface area contributed by atoms with Gasteiger partial charge in [-0.2, -0.15) is 0 Å². The summed E-state index contributed by atoms with van der Waals surface area (Å²) in [5.74, 6) is 1.99. The van der Waals surface area contributed by atoms with E-state index in [9.17, 15) is 0 Å². The van der Waals surface area contributed by atoms with Crippen LogP contribution in [0, 0.1) is 0 Å². The Labute approximate surface area is 286 Å². The number of hydrogen-bond acceptors (Lipinski definition) is 4. The second-order valence-corrected chi connectivity index (χ2v) is 13.5. The molecule has 10 rings (SSSR count). The van der Waals surface area contributed by atoms with Crippen LogP contribution in [0.3, 0.4) is 0 Å². The van der Waals surface area contributed by atoms with Crippen molar-refractivity contribution in [1.29, 1.82) is 0 Å². The predicted octanol–water partition coefficient (Wildman–Crippen LogP) is 12.4. The Morgan fingerprint density at radius 1 is 0.347 bits per heavy atom. The van der Waals surface area contributed by atoms with Crippen molar-refractivity contribution in [1.82, 2.24) is 15.0 Å². The second kappa shape index (κ2) is 11.2. The molecular formula is C45H27N3S. The summed E-state index contributed by atoms with van der Waals surface area (Å²) < 4.78 is 2.66. The monoisotopic (exact) mass is 641 g/mol. The van der Waals surface area contributed by atoms with Gasteiger partial charge in [0, 0.05) is 42.2 Å². The van der Waals surface area contributed by atoms with Crippen molar-refractivity contribution in [2.75, 3.05) is 0 Å². The molecule has 228 valence electrons. The predicted molar refractivity (Wildman–Crippen MR) is 207 cm³/mol. The van der Waals surface area contributed by atoms with Crippen molar-refractivity contribution in [2.24, 2.45) is 0 Å². The van der Waals surface area contributed by atoms with E-state index in [0.717, 1.165) is 22.1 Å². The van der Waals surface area contributed by atoms with Gasteiger partial charge in [-0.25, -0.2) is 15.0 Å². The van der Waals surface area contributed by atoms with Crippen LogP contribution in [-0.2, 0) is 0 Å². The normalized spacial score (nSPS) is 11.7. The summed E-state index contributed by atoms with van der Waals surface area (Å²) in [4.78, 5) is 14.8. The molecule has 0 bridgehead atoms. The molecule has 0 saturated heterocycles. The van der Waals surface area contributed by atoms with Crippen LogP contribution in [0.25, 0.3) is 97.8 Å². The topological polar surface area (TPSA) is 38.7 Å². The number of thiophene rings is 1. The molecule has 0 aliphatic rings. The maximum Gasteiger partial charge on any atom is 0.164 e. The highest BCUT2D eigenvalue weighted by Crippen LogP contribution is 2.46. The number of benzene rings is 8. The van der Waals surface area contributed by atoms with Crippen LogP contribution in [0.5, 0.6) is 0 Å². The lowest BCUT2D eigenvalue weighted by molar-refractivity contribution is 1.07. The Balaban J connectivity index is 1.14. The summed E-state index contributed by atoms with van der Waals surface area (Å²) in [6.07, 6.45) is 0. The van der Waals surface area contributed by atoms with E-state index in [-0.39, 0.29) is 0 Å². The molecule has 0 radical (unpaired) electrons. The summed E-state index contributed by atoms with van der Waals surface area (Å²) in [5.41, 5.74) is 5.36. The molecule has 2 heterocycles. The zero-order valence-electron chi connectivity index (χ0n) is 26.3. The van der Waals surface area contributed by atoms with Crippen LogP contribution in [0.15, 0.2) is 164 Å². The van der Waals surface area contributed by atoms with Crippen molar-refractivity contribution in [2.45, 2.75) is 0 Å². The Hall–Kier alpha value is -6.23. The number of aromatic nitrogens is 3. The fourth-order valence-electron chi connectivity index (χ4n) is 7.10. The van der Waals surface area contributed by atoms with E-state index in [0.29, 0.717) is 17.5 Å². The maximum atomic E-state index is 4.96. The van der Waals surface area contributed by atoms with Gasteiger partial charge in [-0.3, -0.25) is 0 Å². The molecule has 0 N–H and O–H groups in total. The van der Waals surface area contributed by atoms with Crippen molar-refractivity contribution in [3.05, 3.63) is 164 Å². The van der Waals surface area contributed by atoms with E-state index >= 15 is 0 Å². The van der Waals surface area contributed by atoms with Gasteiger partial charge in [0.2, 0.25) is 0 Å². The summed E-state index contributed by atoms with van der Waals surface area (Å²) >= 11 is 1.90. The zero-order valence-corrected chi connectivity index (χ0v) is 27.2. The van der Waals surface area contributed by atoms with Gasteiger partial charge in [-0.15, -0.1) is 11.3 Å². The van der Waals surface area contributed by atoms with Crippen molar-refractivity contribution >= 4 is 63.8 Å². The molecular weight excluding hydrogens is 615 g/mol. The van der Waals surface area contributed by atoms with Crippen LogP contribution >= 0.6 is 11.3 Å². The number of fused-ring (bicyclic) bond motifs is 8. The van der Waals surface area contributed by atoms with Crippen LogP contribution in [0.4, 0.5) is 0 Å². The molecule has 4 heteroatoms. The maximum absolute atomic E-state index is 4.96. The van der Waals surface area contributed by atoms with Gasteiger partial charge < -0.3 is 0 Å². The van der Waals surface area contributed by atoms with Gasteiger partial charge in [-0.1, -0.05) is 140 Å². The molecule has 0 spiro atoms. The molecule has 0 aliphatic carbocycles. The SMILES string of the molecule is c1ccc(-c2nc(-c3ccccc3)nc(-c3ccc4cc(-c5cc6ccc7ccccc7c6c6sc7ccccc7c56)ccc4c3)n2)cc1. The van der Waals surface area contributed by atoms with Crippen LogP contribution in [0.1, 0.15) is 0 Å². The fraction of sp³-hybridized carbons (Fsp3) is 0. The highest BCUT2D eigenvalue weighted by atomic mass is 32.1. The molecule has 10 aromatic rings. The van der Waals surface area contributed by atoms with Gasteiger partial charge in [0.05, 0.1) is 0 Å². The van der Waals surface area contributed by atoms with Crippen LogP contribution in [0.2, 0.25) is 0 Å². The molecule has 0 amide bonds. The van der Waals surface area contributed by atoms with Gasteiger partial charge in [0.1, 0.15) is 0 Å². The van der Waals surface area contributed by atoms with Crippen LogP contribution < -0.4 is 0 Å². The van der Waals surface area contributed by atoms with E-state index in [1.165, 1.54) is 58.2 Å². The average molecular weight is 642 g/mol. The minimum atomic E-state index is 0.659. The number of rotatable bonds is 4. The highest BCUT2D eigenvalue weighted by Gasteiger charge is 2.17. The number of hydrogen-bond donors (Lipinski definition) is 0. The number of nitrogens with zero attached hydrogens (tertiary/aromatic N) is 3. The van der Waals surface area contributed by atoms with E-state index in [4.69, 9.17) is 15.0 Å². The summed E-state index contributed by atoms with van der Waals surface area (Å²) in [6.45, 7) is 0. The first-order valence-electron chi connectivity index (χ1n) is 16.4. The van der Waals surface area contributed by atoms with Gasteiger partial charge in [0.25, 0.3) is 0 Å². The Morgan fingerprint density at radius 3 is 1.59 bits per heavy atom. The molecule has 0 fully saturated rings. The molecule has 49 heavy (non-hydrogen) atoms. The smallest absolute Gasteiger partial charge is 0.164 e. The van der Waals surface area contributed by atoms with Crippen LogP contribution in [-0.4, -0.2) is 15.0 Å². The average Bonchev–Trinajstić information content (AvgIpc) is 3.57. The van der Waals surface area contributed by atoms with Gasteiger partial charge in [0.15, 0.2) is 17.5 Å². The third-order valence-electron chi connectivity index (χ3n) is 9.46. The minimum Gasteiger partial charge on any atom is -0.208 e. The van der Waals surface area contributed by atoms with E-state index in [1.54, 1.807) is 0 Å². The first kappa shape index (κ1) is 27.8. The van der Waals surface area contributed by atoms with Crippen molar-refractivity contribution < 1.29 is 0 Å². The summed E-state index contributed by atoms with van der Waals surface area (Å²) in [5, 5.41) is 10.1. The lowest BCUT2D eigenvalue weighted by atomic mass is 9.92. The molecule has 0 atom stereocenters. The Morgan fingerprint density at radius 2 is 0.878 bits per heavy atom. The zero-order chi connectivity index (χ0) is 32.3. The quantitative estimate of drug-likeness (QED) is 0.180. The van der Waals surface area contributed by atoms with Gasteiger partial charge >= 0.3 is 0 Å².